The third-order valence-electron chi connectivity index (χ3n) is 8.62. The van der Waals surface area contributed by atoms with E-state index in [1.54, 1.807) is 0 Å². The zero-order valence-corrected chi connectivity index (χ0v) is 24.3. The molecule has 38 heavy (non-hydrogen) atoms. The fraction of sp³-hybridized carbons (Fsp3) is 0.297. The standard InChI is InChI=1S/C37H38S/c1-34(2,3)28-19-17-27(18-20-28)33-36(30-23-21-29(22-24-30)35(4,5)6)25-32(26-13-9-7-10-14-26)38-37(33,36)31-15-11-8-12-16-31/h7-25,33H,1-6H3. The number of fused-ring (bicyclic) bond motifs is 1. The van der Waals surface area contributed by atoms with Crippen molar-refractivity contribution in [2.24, 2.45) is 0 Å². The summed E-state index contributed by atoms with van der Waals surface area (Å²) in [5.41, 5.74) is 8.51. The first-order valence-electron chi connectivity index (χ1n) is 13.8. The van der Waals surface area contributed by atoms with E-state index in [4.69, 9.17) is 0 Å². The molecule has 4 aromatic carbocycles. The minimum absolute atomic E-state index is 0.0774. The molecule has 1 aliphatic carbocycles. The van der Waals surface area contributed by atoms with Crippen molar-refractivity contribution in [2.75, 3.05) is 0 Å². The SMILES string of the molecule is CC(C)(C)c1ccc(C2C3(c4ccc(C(C)(C)C)cc4)C=C(c4ccccc4)SC23c2ccccc2)cc1. The Balaban J connectivity index is 1.57. The highest BCUT2D eigenvalue weighted by atomic mass is 32.2. The maximum Gasteiger partial charge on any atom is 0.0674 e. The molecule has 0 nitrogen and oxygen atoms in total. The zero-order chi connectivity index (χ0) is 26.8. The van der Waals surface area contributed by atoms with Crippen LogP contribution in [-0.4, -0.2) is 0 Å². The average molecular weight is 515 g/mol. The lowest BCUT2D eigenvalue weighted by atomic mass is 9.82. The summed E-state index contributed by atoms with van der Waals surface area (Å²) in [5.74, 6) is 0.365. The van der Waals surface area contributed by atoms with Crippen LogP contribution >= 0.6 is 11.8 Å². The Kier molecular flexibility index (Phi) is 5.81. The van der Waals surface area contributed by atoms with Crippen molar-refractivity contribution in [3.05, 3.63) is 149 Å². The van der Waals surface area contributed by atoms with Gasteiger partial charge in [0.2, 0.25) is 0 Å². The van der Waals surface area contributed by atoms with Crippen molar-refractivity contribution in [1.82, 2.24) is 0 Å². The fourth-order valence-electron chi connectivity index (χ4n) is 6.49. The van der Waals surface area contributed by atoms with E-state index in [0.29, 0.717) is 5.92 Å². The minimum Gasteiger partial charge on any atom is -0.112 e. The van der Waals surface area contributed by atoms with E-state index in [1.165, 1.54) is 38.3 Å². The summed E-state index contributed by atoms with van der Waals surface area (Å²) in [7, 11) is 0. The number of thioether (sulfide) groups is 1. The van der Waals surface area contributed by atoms with Gasteiger partial charge in [-0.1, -0.05) is 157 Å². The van der Waals surface area contributed by atoms with Gasteiger partial charge in [-0.25, -0.2) is 0 Å². The molecule has 0 radical (unpaired) electrons. The summed E-state index contributed by atoms with van der Waals surface area (Å²) in [6, 6.07) is 41.2. The number of benzene rings is 4. The van der Waals surface area contributed by atoms with E-state index in [9.17, 15) is 0 Å². The van der Waals surface area contributed by atoms with Crippen LogP contribution in [0.25, 0.3) is 4.91 Å². The summed E-state index contributed by atoms with van der Waals surface area (Å²) in [6.07, 6.45) is 2.61. The first kappa shape index (κ1) is 25.3. The van der Waals surface area contributed by atoms with E-state index in [2.05, 4.69) is 169 Å². The van der Waals surface area contributed by atoms with Crippen molar-refractivity contribution in [1.29, 1.82) is 0 Å². The van der Waals surface area contributed by atoms with Crippen molar-refractivity contribution >= 4 is 16.7 Å². The van der Waals surface area contributed by atoms with Gasteiger partial charge in [-0.05, 0) is 44.2 Å². The Labute approximate surface area is 233 Å². The topological polar surface area (TPSA) is 0 Å². The third kappa shape index (κ3) is 3.82. The molecular weight excluding hydrogens is 476 g/mol. The van der Waals surface area contributed by atoms with Gasteiger partial charge in [0, 0.05) is 16.2 Å². The Morgan fingerprint density at radius 3 is 1.58 bits per heavy atom. The van der Waals surface area contributed by atoms with Gasteiger partial charge in [0.05, 0.1) is 4.75 Å². The maximum absolute atomic E-state index is 2.61. The molecule has 1 heteroatoms. The van der Waals surface area contributed by atoms with Crippen molar-refractivity contribution in [3.63, 3.8) is 0 Å². The normalized spacial score (nSPS) is 24.6. The monoisotopic (exact) mass is 514 g/mol. The molecule has 0 amide bonds. The Hall–Kier alpha value is -3.03. The van der Waals surface area contributed by atoms with Crippen LogP contribution in [0.4, 0.5) is 0 Å². The third-order valence-corrected chi connectivity index (χ3v) is 10.3. The molecule has 3 atom stereocenters. The molecule has 0 aromatic heterocycles. The fourth-order valence-corrected chi connectivity index (χ4v) is 8.44. The molecule has 1 fully saturated rings. The minimum atomic E-state index is -0.107. The molecule has 1 saturated carbocycles. The number of hydrogen-bond acceptors (Lipinski definition) is 1. The second-order valence-electron chi connectivity index (χ2n) is 13.1. The zero-order valence-electron chi connectivity index (χ0n) is 23.5. The van der Waals surface area contributed by atoms with E-state index >= 15 is 0 Å². The summed E-state index contributed by atoms with van der Waals surface area (Å²) in [4.78, 5) is 1.39. The predicted octanol–water partition coefficient (Wildman–Crippen LogP) is 10.0. The van der Waals surface area contributed by atoms with Gasteiger partial charge >= 0.3 is 0 Å². The molecule has 2 aliphatic rings. The highest BCUT2D eigenvalue weighted by molar-refractivity contribution is 8.10. The van der Waals surface area contributed by atoms with Crippen molar-refractivity contribution in [2.45, 2.75) is 68.5 Å². The lowest BCUT2D eigenvalue weighted by Gasteiger charge is -2.22. The first-order chi connectivity index (χ1) is 18.1. The summed E-state index contributed by atoms with van der Waals surface area (Å²) < 4.78 is -0.0774. The van der Waals surface area contributed by atoms with Gasteiger partial charge in [-0.3, -0.25) is 0 Å². The molecule has 192 valence electrons. The Bertz CT molecular complexity index is 1470. The van der Waals surface area contributed by atoms with Crippen molar-refractivity contribution < 1.29 is 0 Å². The maximum atomic E-state index is 2.61. The smallest absolute Gasteiger partial charge is 0.0674 e. The second-order valence-corrected chi connectivity index (χ2v) is 14.4. The highest BCUT2D eigenvalue weighted by Gasteiger charge is 2.80. The van der Waals surface area contributed by atoms with Crippen LogP contribution in [0.2, 0.25) is 0 Å². The van der Waals surface area contributed by atoms with Gasteiger partial charge < -0.3 is 0 Å². The van der Waals surface area contributed by atoms with E-state index < -0.39 is 0 Å². The quantitative estimate of drug-likeness (QED) is 0.261. The molecular formula is C37H38S. The van der Waals surface area contributed by atoms with Gasteiger partial charge in [0.15, 0.2) is 0 Å². The molecule has 0 saturated heterocycles. The largest absolute Gasteiger partial charge is 0.112 e. The molecule has 3 unspecified atom stereocenters. The van der Waals surface area contributed by atoms with Gasteiger partial charge in [-0.2, -0.15) is 0 Å². The predicted molar refractivity (Wildman–Crippen MR) is 165 cm³/mol. The van der Waals surface area contributed by atoms with Crippen molar-refractivity contribution in [3.8, 4) is 0 Å². The molecule has 4 aromatic rings. The molecule has 0 N–H and O–H groups in total. The Morgan fingerprint density at radius 2 is 1.05 bits per heavy atom. The van der Waals surface area contributed by atoms with Crippen LogP contribution in [0.3, 0.4) is 0 Å². The summed E-state index contributed by atoms with van der Waals surface area (Å²) >= 11 is 2.07. The molecule has 1 heterocycles. The first-order valence-corrected chi connectivity index (χ1v) is 14.6. The van der Waals surface area contributed by atoms with Crippen LogP contribution in [0.15, 0.2) is 115 Å². The van der Waals surface area contributed by atoms with Gasteiger partial charge in [0.25, 0.3) is 0 Å². The van der Waals surface area contributed by atoms with E-state index in [0.717, 1.165) is 0 Å². The molecule has 6 rings (SSSR count). The van der Waals surface area contributed by atoms with Crippen LogP contribution in [0.1, 0.15) is 80.8 Å². The summed E-state index contributed by atoms with van der Waals surface area (Å²) in [5, 5.41) is 0. The summed E-state index contributed by atoms with van der Waals surface area (Å²) in [6.45, 7) is 13.8. The van der Waals surface area contributed by atoms with Gasteiger partial charge in [0.1, 0.15) is 0 Å². The van der Waals surface area contributed by atoms with Crippen LogP contribution < -0.4 is 0 Å². The van der Waals surface area contributed by atoms with E-state index in [-0.39, 0.29) is 21.0 Å². The number of hydrogen-bond donors (Lipinski definition) is 0. The van der Waals surface area contributed by atoms with Crippen LogP contribution in [-0.2, 0) is 21.0 Å². The van der Waals surface area contributed by atoms with Gasteiger partial charge in [-0.15, -0.1) is 11.8 Å². The average Bonchev–Trinajstić information content (AvgIpc) is 3.33. The van der Waals surface area contributed by atoms with Crippen LogP contribution in [0, 0.1) is 0 Å². The number of allylic oxidation sites excluding steroid dienone is 1. The molecule has 0 bridgehead atoms. The molecule has 1 aliphatic heterocycles. The molecule has 0 spiro atoms. The lowest BCUT2D eigenvalue weighted by Crippen LogP contribution is -2.15. The van der Waals surface area contributed by atoms with E-state index in [1.807, 2.05) is 0 Å². The Morgan fingerprint density at radius 1 is 0.553 bits per heavy atom. The lowest BCUT2D eigenvalue weighted by molar-refractivity contribution is 0.589. The van der Waals surface area contributed by atoms with Crippen LogP contribution in [0.5, 0.6) is 0 Å². The second kappa shape index (κ2) is 8.75. The highest BCUT2D eigenvalue weighted by Crippen LogP contribution is 2.86. The number of rotatable bonds is 4.